The second-order valence-electron chi connectivity index (χ2n) is 4.27. The minimum Gasteiger partial charge on any atom is -0.390 e. The average molecular weight is 220 g/mol. The highest BCUT2D eigenvalue weighted by atomic mass is 16.3. The van der Waals surface area contributed by atoms with E-state index in [1.807, 2.05) is 24.0 Å². The largest absolute Gasteiger partial charge is 0.390 e. The van der Waals surface area contributed by atoms with Crippen LogP contribution in [-0.2, 0) is 0 Å². The van der Waals surface area contributed by atoms with Gasteiger partial charge in [0.2, 0.25) is 0 Å². The van der Waals surface area contributed by atoms with Gasteiger partial charge in [0.15, 0.2) is 6.29 Å². The van der Waals surface area contributed by atoms with E-state index in [0.29, 0.717) is 18.7 Å². The van der Waals surface area contributed by atoms with Crippen LogP contribution in [0, 0.1) is 6.92 Å². The molecular formula is C12H16N2O2. The zero-order chi connectivity index (χ0) is 11.7. The van der Waals surface area contributed by atoms with Crippen molar-refractivity contribution >= 4 is 12.0 Å². The number of carbonyl (C=O) groups is 1. The van der Waals surface area contributed by atoms with Crippen molar-refractivity contribution in [3.8, 4) is 0 Å². The zero-order valence-electron chi connectivity index (χ0n) is 9.26. The lowest BCUT2D eigenvalue weighted by molar-refractivity contribution is 0.112. The van der Waals surface area contributed by atoms with E-state index in [-0.39, 0.29) is 6.04 Å². The van der Waals surface area contributed by atoms with E-state index in [1.165, 1.54) is 0 Å². The number of anilines is 1. The molecule has 2 atom stereocenters. The number of benzene rings is 1. The maximum absolute atomic E-state index is 11.0. The molecule has 0 amide bonds. The Bertz CT molecular complexity index is 396. The second-order valence-corrected chi connectivity index (χ2v) is 4.27. The molecule has 0 radical (unpaired) electrons. The van der Waals surface area contributed by atoms with Crippen molar-refractivity contribution < 1.29 is 9.90 Å². The molecule has 1 aliphatic rings. The van der Waals surface area contributed by atoms with Gasteiger partial charge in [0.25, 0.3) is 0 Å². The maximum Gasteiger partial charge on any atom is 0.152 e. The smallest absolute Gasteiger partial charge is 0.152 e. The first kappa shape index (κ1) is 11.1. The van der Waals surface area contributed by atoms with Crippen LogP contribution in [0.4, 0.5) is 5.69 Å². The Labute approximate surface area is 94.7 Å². The summed E-state index contributed by atoms with van der Waals surface area (Å²) in [7, 11) is 0. The van der Waals surface area contributed by atoms with Gasteiger partial charge in [-0.15, -0.1) is 0 Å². The van der Waals surface area contributed by atoms with Crippen LogP contribution in [0.15, 0.2) is 18.2 Å². The van der Waals surface area contributed by atoms with Gasteiger partial charge < -0.3 is 15.7 Å². The molecule has 0 aromatic heterocycles. The number of aliphatic hydroxyl groups is 1. The van der Waals surface area contributed by atoms with Gasteiger partial charge in [0.1, 0.15) is 0 Å². The number of para-hydroxylation sites is 1. The third kappa shape index (κ3) is 1.81. The Hall–Kier alpha value is -1.39. The van der Waals surface area contributed by atoms with Crippen LogP contribution < -0.4 is 10.6 Å². The molecule has 0 spiro atoms. The molecule has 86 valence electrons. The van der Waals surface area contributed by atoms with Crippen molar-refractivity contribution in [2.45, 2.75) is 19.1 Å². The molecule has 1 aromatic carbocycles. The van der Waals surface area contributed by atoms with Crippen LogP contribution >= 0.6 is 0 Å². The van der Waals surface area contributed by atoms with Crippen molar-refractivity contribution in [2.24, 2.45) is 5.73 Å². The van der Waals surface area contributed by atoms with Gasteiger partial charge in [-0.25, -0.2) is 0 Å². The number of aryl methyl sites for hydroxylation is 1. The van der Waals surface area contributed by atoms with E-state index in [4.69, 9.17) is 5.73 Å². The van der Waals surface area contributed by atoms with Gasteiger partial charge in [0.05, 0.1) is 11.8 Å². The van der Waals surface area contributed by atoms with E-state index in [9.17, 15) is 9.90 Å². The zero-order valence-corrected chi connectivity index (χ0v) is 9.26. The summed E-state index contributed by atoms with van der Waals surface area (Å²) >= 11 is 0. The molecular weight excluding hydrogens is 204 g/mol. The molecule has 1 aliphatic heterocycles. The highest BCUT2D eigenvalue weighted by molar-refractivity contribution is 5.86. The molecule has 1 heterocycles. The third-order valence-corrected chi connectivity index (χ3v) is 3.05. The molecule has 1 aromatic rings. The van der Waals surface area contributed by atoms with Crippen molar-refractivity contribution in [3.05, 3.63) is 29.3 Å². The molecule has 0 saturated carbocycles. The Balaban J connectivity index is 2.37. The summed E-state index contributed by atoms with van der Waals surface area (Å²) in [6, 6.07) is 5.36. The lowest BCUT2D eigenvalue weighted by atomic mass is 10.1. The van der Waals surface area contributed by atoms with Crippen molar-refractivity contribution in [2.75, 3.05) is 18.0 Å². The highest BCUT2D eigenvalue weighted by Crippen LogP contribution is 2.27. The summed E-state index contributed by atoms with van der Waals surface area (Å²) in [5.41, 5.74) is 8.35. The number of aldehydes is 1. The molecule has 4 nitrogen and oxygen atoms in total. The van der Waals surface area contributed by atoms with Crippen LogP contribution in [0.25, 0.3) is 0 Å². The minimum atomic E-state index is -0.515. The number of rotatable bonds is 2. The first-order chi connectivity index (χ1) is 7.63. The number of hydrogen-bond acceptors (Lipinski definition) is 4. The molecule has 16 heavy (non-hydrogen) atoms. The lowest BCUT2D eigenvalue weighted by Crippen LogP contribution is -2.32. The van der Waals surface area contributed by atoms with Crippen LogP contribution in [0.5, 0.6) is 0 Å². The summed E-state index contributed by atoms with van der Waals surface area (Å²) in [4.78, 5) is 13.0. The van der Waals surface area contributed by atoms with Gasteiger partial charge in [-0.2, -0.15) is 0 Å². The Kier molecular flexibility index (Phi) is 2.94. The summed E-state index contributed by atoms with van der Waals surface area (Å²) in [5, 5.41) is 9.63. The fourth-order valence-electron chi connectivity index (χ4n) is 2.20. The van der Waals surface area contributed by atoms with Crippen LogP contribution in [-0.4, -0.2) is 36.6 Å². The van der Waals surface area contributed by atoms with Gasteiger partial charge in [-0.1, -0.05) is 12.1 Å². The molecule has 3 N–H and O–H groups in total. The number of β-amino-alcohol motifs (C(OH)–C–C–N with tert-alkyl or cyclic N) is 1. The quantitative estimate of drug-likeness (QED) is 0.704. The molecule has 1 unspecified atom stereocenters. The maximum atomic E-state index is 11.0. The Morgan fingerprint density at radius 3 is 2.81 bits per heavy atom. The molecule has 0 aliphatic carbocycles. The van der Waals surface area contributed by atoms with Gasteiger partial charge in [0, 0.05) is 24.7 Å². The summed E-state index contributed by atoms with van der Waals surface area (Å²) in [6.45, 7) is 3.04. The molecule has 0 bridgehead atoms. The summed E-state index contributed by atoms with van der Waals surface area (Å²) in [5.74, 6) is 0. The molecule has 1 fully saturated rings. The van der Waals surface area contributed by atoms with E-state index in [0.717, 1.165) is 17.5 Å². The summed E-state index contributed by atoms with van der Waals surface area (Å²) in [6.07, 6.45) is 0.331. The number of nitrogens with two attached hydrogens (primary N) is 1. The highest BCUT2D eigenvalue weighted by Gasteiger charge is 2.30. The standard InChI is InChI=1S/C12H16N2O2/c1-8-3-2-4-9(7-15)12(8)14-5-10(13)11(16)6-14/h2-4,7,10-11,16H,5-6,13H2,1H3/t10?,11-/m0/s1. The van der Waals surface area contributed by atoms with Crippen LogP contribution in [0.2, 0.25) is 0 Å². The minimum absolute atomic E-state index is 0.237. The average Bonchev–Trinajstić information content (AvgIpc) is 2.58. The second kappa shape index (κ2) is 4.23. The fourth-order valence-corrected chi connectivity index (χ4v) is 2.20. The molecule has 1 saturated heterocycles. The predicted molar refractivity (Wildman–Crippen MR) is 62.8 cm³/mol. The van der Waals surface area contributed by atoms with E-state index in [1.54, 1.807) is 6.07 Å². The van der Waals surface area contributed by atoms with Crippen LogP contribution in [0.1, 0.15) is 15.9 Å². The van der Waals surface area contributed by atoms with Crippen molar-refractivity contribution in [1.82, 2.24) is 0 Å². The first-order valence-corrected chi connectivity index (χ1v) is 5.37. The fraction of sp³-hybridized carbons (Fsp3) is 0.417. The number of aliphatic hydroxyl groups excluding tert-OH is 1. The molecule has 4 heteroatoms. The number of hydrogen-bond donors (Lipinski definition) is 2. The van der Waals surface area contributed by atoms with Gasteiger partial charge >= 0.3 is 0 Å². The normalized spacial score (nSPS) is 24.8. The predicted octanol–water partition coefficient (Wildman–Crippen LogP) is 0.316. The van der Waals surface area contributed by atoms with E-state index >= 15 is 0 Å². The summed E-state index contributed by atoms with van der Waals surface area (Å²) < 4.78 is 0. The third-order valence-electron chi connectivity index (χ3n) is 3.05. The van der Waals surface area contributed by atoms with Crippen LogP contribution in [0.3, 0.4) is 0 Å². The van der Waals surface area contributed by atoms with Gasteiger partial charge in [-0.05, 0) is 18.6 Å². The van der Waals surface area contributed by atoms with E-state index in [2.05, 4.69) is 0 Å². The topological polar surface area (TPSA) is 66.6 Å². The SMILES string of the molecule is Cc1cccc(C=O)c1N1CC(N)[C@@H](O)C1. The van der Waals surface area contributed by atoms with Crippen molar-refractivity contribution in [3.63, 3.8) is 0 Å². The lowest BCUT2D eigenvalue weighted by Gasteiger charge is -2.22. The molecule has 2 rings (SSSR count). The monoisotopic (exact) mass is 220 g/mol. The Morgan fingerprint density at radius 1 is 1.50 bits per heavy atom. The Morgan fingerprint density at radius 2 is 2.25 bits per heavy atom. The van der Waals surface area contributed by atoms with E-state index < -0.39 is 6.10 Å². The van der Waals surface area contributed by atoms with Gasteiger partial charge in [-0.3, -0.25) is 4.79 Å². The number of carbonyl (C=O) groups excluding carboxylic acids is 1. The number of nitrogens with zero attached hydrogens (tertiary/aromatic N) is 1. The van der Waals surface area contributed by atoms with Crippen molar-refractivity contribution in [1.29, 1.82) is 0 Å². The first-order valence-electron chi connectivity index (χ1n) is 5.37.